The molecule has 1 N–H and O–H groups in total. The van der Waals surface area contributed by atoms with E-state index in [2.05, 4.69) is 15.0 Å². The number of carbonyl (C=O) groups is 1. The predicted molar refractivity (Wildman–Crippen MR) is 91.3 cm³/mol. The molecule has 0 atom stereocenters. The van der Waals surface area contributed by atoms with Crippen molar-refractivity contribution in [1.29, 1.82) is 0 Å². The lowest BCUT2D eigenvalue weighted by molar-refractivity contribution is 0.0512. The van der Waals surface area contributed by atoms with Crippen LogP contribution in [0.5, 0.6) is 11.5 Å². The number of pyridine rings is 1. The van der Waals surface area contributed by atoms with Crippen molar-refractivity contribution in [2.75, 3.05) is 20.3 Å². The van der Waals surface area contributed by atoms with Crippen LogP contribution in [-0.4, -0.2) is 41.2 Å². The first kappa shape index (κ1) is 16.7. The Morgan fingerprint density at radius 3 is 2.60 bits per heavy atom. The molecular weight excluding hydrogens is 326 g/mol. The second-order valence-corrected chi connectivity index (χ2v) is 5.12. The zero-order valence-electron chi connectivity index (χ0n) is 14.1. The maximum absolute atomic E-state index is 12.3. The number of esters is 1. The molecule has 3 rings (SSSR count). The van der Waals surface area contributed by atoms with Crippen LogP contribution < -0.4 is 15.0 Å². The number of nitrogens with one attached hydrogen (secondary N) is 1. The Bertz CT molecular complexity index is 1010. The van der Waals surface area contributed by atoms with Crippen molar-refractivity contribution in [2.24, 2.45) is 0 Å². The minimum Gasteiger partial charge on any atom is -0.493 e. The number of fused-ring (bicyclic) bond motifs is 2. The number of aromatic nitrogens is 3. The van der Waals surface area contributed by atoms with Gasteiger partial charge in [0.05, 0.1) is 31.2 Å². The molecule has 0 amide bonds. The topological polar surface area (TPSA) is 103 Å². The van der Waals surface area contributed by atoms with E-state index in [0.29, 0.717) is 29.0 Å². The molecule has 0 saturated heterocycles. The van der Waals surface area contributed by atoms with Crippen molar-refractivity contribution in [1.82, 2.24) is 15.0 Å². The van der Waals surface area contributed by atoms with Crippen LogP contribution in [0, 0.1) is 0 Å². The fraction of sp³-hybridized carbons (Fsp3) is 0.294. The molecule has 0 aliphatic rings. The van der Waals surface area contributed by atoms with Gasteiger partial charge in [-0.1, -0.05) is 0 Å². The van der Waals surface area contributed by atoms with Crippen LogP contribution in [0.3, 0.4) is 0 Å². The zero-order valence-corrected chi connectivity index (χ0v) is 14.1. The summed E-state index contributed by atoms with van der Waals surface area (Å²) in [5.41, 5.74) is 0.270. The average molecular weight is 343 g/mol. The summed E-state index contributed by atoms with van der Waals surface area (Å²) < 4.78 is 15.7. The third-order valence-corrected chi connectivity index (χ3v) is 3.54. The minimum absolute atomic E-state index is 0.159. The van der Waals surface area contributed by atoms with Crippen molar-refractivity contribution in [3.05, 3.63) is 34.4 Å². The molecule has 0 radical (unpaired) electrons. The van der Waals surface area contributed by atoms with Crippen molar-refractivity contribution in [3.8, 4) is 11.5 Å². The molecule has 2 aromatic heterocycles. The summed E-state index contributed by atoms with van der Waals surface area (Å²) >= 11 is 0. The third kappa shape index (κ3) is 3.10. The van der Waals surface area contributed by atoms with E-state index in [-0.39, 0.29) is 23.5 Å². The number of hydrogen-bond donors (Lipinski definition) is 1. The number of methoxy groups -OCH3 is 1. The highest BCUT2D eigenvalue weighted by molar-refractivity contribution is 5.94. The van der Waals surface area contributed by atoms with E-state index in [9.17, 15) is 9.59 Å². The summed E-state index contributed by atoms with van der Waals surface area (Å²) in [4.78, 5) is 35.0. The Morgan fingerprint density at radius 2 is 1.92 bits per heavy atom. The molecule has 0 aliphatic carbocycles. The van der Waals surface area contributed by atoms with Crippen LogP contribution in [-0.2, 0) is 4.74 Å². The van der Waals surface area contributed by atoms with Crippen LogP contribution in [0.4, 0.5) is 0 Å². The number of ether oxygens (including phenoxy) is 3. The van der Waals surface area contributed by atoms with Gasteiger partial charge in [0.2, 0.25) is 5.82 Å². The van der Waals surface area contributed by atoms with E-state index in [4.69, 9.17) is 14.2 Å². The van der Waals surface area contributed by atoms with Gasteiger partial charge in [0.25, 0.3) is 5.56 Å². The molecule has 0 spiro atoms. The Kier molecular flexibility index (Phi) is 4.51. The first-order valence-electron chi connectivity index (χ1n) is 7.80. The van der Waals surface area contributed by atoms with E-state index >= 15 is 0 Å². The van der Waals surface area contributed by atoms with Gasteiger partial charge in [-0.25, -0.2) is 14.8 Å². The zero-order chi connectivity index (χ0) is 18.0. The van der Waals surface area contributed by atoms with Gasteiger partial charge in [0.15, 0.2) is 17.1 Å². The standard InChI is InChI=1S/C17H17N3O5/c1-4-24-13-8-11-9(7-12(13)23-3)6-10-14(18-11)19-15(20-16(10)21)17(22)25-5-2/h6-8H,4-5H2,1-3H3,(H,18,19,20,21). The highest BCUT2D eigenvalue weighted by Gasteiger charge is 2.15. The van der Waals surface area contributed by atoms with Crippen LogP contribution in [0.1, 0.15) is 24.5 Å². The summed E-state index contributed by atoms with van der Waals surface area (Å²) in [6.45, 7) is 4.19. The number of H-pyrrole nitrogens is 1. The highest BCUT2D eigenvalue weighted by Crippen LogP contribution is 2.32. The van der Waals surface area contributed by atoms with Crippen LogP contribution >= 0.6 is 0 Å². The SMILES string of the molecule is CCOC(=O)c1nc2nc3cc(OCC)c(OC)cc3cc2c(=O)[nH]1. The molecule has 0 saturated carbocycles. The quantitative estimate of drug-likeness (QED) is 0.558. The summed E-state index contributed by atoms with van der Waals surface area (Å²) in [7, 11) is 1.54. The minimum atomic E-state index is -0.701. The second-order valence-electron chi connectivity index (χ2n) is 5.12. The molecule has 0 bridgehead atoms. The molecule has 25 heavy (non-hydrogen) atoms. The highest BCUT2D eigenvalue weighted by atomic mass is 16.5. The van der Waals surface area contributed by atoms with Crippen molar-refractivity contribution in [3.63, 3.8) is 0 Å². The fourth-order valence-electron chi connectivity index (χ4n) is 2.46. The lowest BCUT2D eigenvalue weighted by Crippen LogP contribution is -2.18. The number of nitrogens with zero attached hydrogens (tertiary/aromatic N) is 2. The Morgan fingerprint density at radius 1 is 1.12 bits per heavy atom. The number of rotatable bonds is 5. The van der Waals surface area contributed by atoms with Crippen LogP contribution in [0.25, 0.3) is 21.9 Å². The molecule has 1 aromatic carbocycles. The second kappa shape index (κ2) is 6.76. The fourth-order valence-corrected chi connectivity index (χ4v) is 2.46. The van der Waals surface area contributed by atoms with E-state index in [1.807, 2.05) is 6.92 Å². The lowest BCUT2D eigenvalue weighted by atomic mass is 10.1. The van der Waals surface area contributed by atoms with Crippen molar-refractivity contribution < 1.29 is 19.0 Å². The average Bonchev–Trinajstić information content (AvgIpc) is 2.60. The largest absolute Gasteiger partial charge is 0.493 e. The number of aromatic amines is 1. The third-order valence-electron chi connectivity index (χ3n) is 3.54. The first-order valence-corrected chi connectivity index (χ1v) is 7.80. The van der Waals surface area contributed by atoms with Gasteiger partial charge in [-0.05, 0) is 26.0 Å². The van der Waals surface area contributed by atoms with Gasteiger partial charge in [0, 0.05) is 11.5 Å². The molecule has 8 heteroatoms. The first-order chi connectivity index (χ1) is 12.1. The maximum atomic E-state index is 12.3. The molecule has 8 nitrogen and oxygen atoms in total. The normalized spacial score (nSPS) is 10.8. The van der Waals surface area contributed by atoms with E-state index in [1.165, 1.54) is 7.11 Å². The number of hydrogen-bond acceptors (Lipinski definition) is 7. The van der Waals surface area contributed by atoms with E-state index < -0.39 is 11.5 Å². The lowest BCUT2D eigenvalue weighted by Gasteiger charge is -2.11. The molecular formula is C17H17N3O5. The van der Waals surface area contributed by atoms with Gasteiger partial charge in [-0.2, -0.15) is 0 Å². The smallest absolute Gasteiger partial charge is 0.374 e. The van der Waals surface area contributed by atoms with E-state index in [1.54, 1.807) is 25.1 Å². The van der Waals surface area contributed by atoms with Crippen molar-refractivity contribution in [2.45, 2.75) is 13.8 Å². The molecule has 130 valence electrons. The van der Waals surface area contributed by atoms with Gasteiger partial charge in [-0.3, -0.25) is 4.79 Å². The summed E-state index contributed by atoms with van der Waals surface area (Å²) in [5, 5.41) is 0.968. The van der Waals surface area contributed by atoms with Gasteiger partial charge in [-0.15, -0.1) is 0 Å². The monoisotopic (exact) mass is 343 g/mol. The van der Waals surface area contributed by atoms with E-state index in [0.717, 1.165) is 0 Å². The summed E-state index contributed by atoms with van der Waals surface area (Å²) in [6, 6.07) is 5.10. The Hall–Kier alpha value is -3.16. The predicted octanol–water partition coefficient (Wildman–Crippen LogP) is 2.06. The summed E-state index contributed by atoms with van der Waals surface area (Å²) in [5.74, 6) is 0.209. The Balaban J connectivity index is 2.23. The maximum Gasteiger partial charge on any atom is 0.374 e. The van der Waals surface area contributed by atoms with Gasteiger partial charge < -0.3 is 19.2 Å². The van der Waals surface area contributed by atoms with Gasteiger partial charge >= 0.3 is 5.97 Å². The molecule has 0 aliphatic heterocycles. The Labute approximate surface area is 142 Å². The summed E-state index contributed by atoms with van der Waals surface area (Å²) in [6.07, 6.45) is 0. The van der Waals surface area contributed by atoms with Crippen molar-refractivity contribution >= 4 is 27.9 Å². The van der Waals surface area contributed by atoms with Crippen LogP contribution in [0.2, 0.25) is 0 Å². The molecule has 3 aromatic rings. The molecule has 0 fully saturated rings. The number of benzene rings is 1. The molecule has 2 heterocycles. The van der Waals surface area contributed by atoms with Crippen LogP contribution in [0.15, 0.2) is 23.0 Å². The van der Waals surface area contributed by atoms with Gasteiger partial charge in [0.1, 0.15) is 0 Å². The number of carbonyl (C=O) groups excluding carboxylic acids is 1. The molecule has 0 unspecified atom stereocenters.